The van der Waals surface area contributed by atoms with Crippen LogP contribution in [0.4, 0.5) is 13.9 Å². The quantitative estimate of drug-likeness (QED) is 0.582. The second-order valence-corrected chi connectivity index (χ2v) is 6.89. The number of nitrogens with zero attached hydrogens (tertiary/aromatic N) is 4. The number of hydrogen-bond donors (Lipinski definition) is 1. The minimum Gasteiger partial charge on any atom is -0.298 e. The summed E-state index contributed by atoms with van der Waals surface area (Å²) in [5.74, 6) is -1.61. The Balaban J connectivity index is 1.57. The molecule has 0 saturated carbocycles. The standard InChI is InChI=1S/C18H13F2N5OS/c1-10-15(8-11-13(19)4-2-5-14(11)20)27-18(23-10)24-17(26)12-9-22-25-7-3-6-21-16(12)25/h2-7,9H,8H2,1H3,(H,23,24,26). The van der Waals surface area contributed by atoms with Gasteiger partial charge in [-0.05, 0) is 25.1 Å². The molecule has 0 fully saturated rings. The van der Waals surface area contributed by atoms with Gasteiger partial charge in [0.15, 0.2) is 10.8 Å². The first-order chi connectivity index (χ1) is 13.0. The molecule has 0 aliphatic rings. The molecular weight excluding hydrogens is 372 g/mol. The largest absolute Gasteiger partial charge is 0.298 e. The Morgan fingerprint density at radius 3 is 2.81 bits per heavy atom. The van der Waals surface area contributed by atoms with Crippen LogP contribution in [-0.2, 0) is 6.42 Å². The number of thiazole rings is 1. The van der Waals surface area contributed by atoms with Gasteiger partial charge in [0.05, 0.1) is 11.9 Å². The third-order valence-corrected chi connectivity index (χ3v) is 5.11. The van der Waals surface area contributed by atoms with Gasteiger partial charge >= 0.3 is 0 Å². The number of benzene rings is 1. The molecule has 3 heterocycles. The SMILES string of the molecule is Cc1nc(NC(=O)c2cnn3cccnc23)sc1Cc1c(F)cccc1F. The molecule has 0 bridgehead atoms. The highest BCUT2D eigenvalue weighted by molar-refractivity contribution is 7.15. The third-order valence-electron chi connectivity index (χ3n) is 4.04. The van der Waals surface area contributed by atoms with E-state index in [9.17, 15) is 13.6 Å². The number of rotatable bonds is 4. The van der Waals surface area contributed by atoms with Gasteiger partial charge in [0.25, 0.3) is 5.91 Å². The van der Waals surface area contributed by atoms with Crippen molar-refractivity contribution in [3.63, 3.8) is 0 Å². The molecule has 4 rings (SSSR count). The number of halogens is 2. The molecule has 0 unspecified atom stereocenters. The second-order valence-electron chi connectivity index (χ2n) is 5.80. The van der Waals surface area contributed by atoms with Crippen LogP contribution in [0, 0.1) is 18.6 Å². The Hall–Kier alpha value is -3.20. The molecule has 0 atom stereocenters. The summed E-state index contributed by atoms with van der Waals surface area (Å²) in [6, 6.07) is 5.47. The van der Waals surface area contributed by atoms with Crippen molar-refractivity contribution in [3.8, 4) is 0 Å². The van der Waals surface area contributed by atoms with Crippen molar-refractivity contribution in [2.45, 2.75) is 13.3 Å². The third kappa shape index (κ3) is 3.28. The van der Waals surface area contributed by atoms with Gasteiger partial charge in [0.1, 0.15) is 17.2 Å². The number of amides is 1. The molecule has 0 aliphatic heterocycles. The van der Waals surface area contributed by atoms with Crippen LogP contribution in [0.2, 0.25) is 0 Å². The zero-order chi connectivity index (χ0) is 19.0. The summed E-state index contributed by atoms with van der Waals surface area (Å²) in [5.41, 5.74) is 1.33. The maximum atomic E-state index is 13.9. The number of nitrogens with one attached hydrogen (secondary N) is 1. The van der Waals surface area contributed by atoms with E-state index in [1.165, 1.54) is 40.2 Å². The Bertz CT molecular complexity index is 1130. The van der Waals surface area contributed by atoms with Crippen molar-refractivity contribution in [3.05, 3.63) is 76.2 Å². The normalized spacial score (nSPS) is 11.1. The molecule has 27 heavy (non-hydrogen) atoms. The molecule has 0 aliphatic carbocycles. The number of hydrogen-bond acceptors (Lipinski definition) is 5. The van der Waals surface area contributed by atoms with E-state index in [1.807, 2.05) is 0 Å². The highest BCUT2D eigenvalue weighted by Gasteiger charge is 2.18. The summed E-state index contributed by atoms with van der Waals surface area (Å²) >= 11 is 1.18. The predicted molar refractivity (Wildman–Crippen MR) is 97.0 cm³/mol. The Labute approximate surface area is 156 Å². The average molecular weight is 385 g/mol. The van der Waals surface area contributed by atoms with Gasteiger partial charge in [-0.3, -0.25) is 10.1 Å². The van der Waals surface area contributed by atoms with Gasteiger partial charge in [-0.15, -0.1) is 11.3 Å². The molecule has 3 aromatic heterocycles. The molecule has 0 spiro atoms. The fourth-order valence-electron chi connectivity index (χ4n) is 2.66. The summed E-state index contributed by atoms with van der Waals surface area (Å²) in [6.45, 7) is 1.73. The summed E-state index contributed by atoms with van der Waals surface area (Å²) in [5, 5.41) is 7.12. The zero-order valence-electron chi connectivity index (χ0n) is 14.1. The van der Waals surface area contributed by atoms with Crippen LogP contribution in [0.25, 0.3) is 5.65 Å². The minimum atomic E-state index is -0.606. The monoisotopic (exact) mass is 385 g/mol. The van der Waals surface area contributed by atoms with Crippen LogP contribution < -0.4 is 5.32 Å². The van der Waals surface area contributed by atoms with E-state index in [4.69, 9.17) is 0 Å². The topological polar surface area (TPSA) is 72.2 Å². The summed E-state index contributed by atoms with van der Waals surface area (Å²) in [4.78, 5) is 21.6. The van der Waals surface area contributed by atoms with Crippen molar-refractivity contribution >= 4 is 28.0 Å². The van der Waals surface area contributed by atoms with Crippen LogP contribution in [-0.4, -0.2) is 25.5 Å². The summed E-state index contributed by atoms with van der Waals surface area (Å²) < 4.78 is 29.2. The molecule has 1 amide bonds. The van der Waals surface area contributed by atoms with E-state index in [-0.39, 0.29) is 12.0 Å². The molecule has 1 aromatic carbocycles. The number of anilines is 1. The zero-order valence-corrected chi connectivity index (χ0v) is 14.9. The van der Waals surface area contributed by atoms with Gasteiger partial charge in [0, 0.05) is 29.3 Å². The molecule has 0 saturated heterocycles. The van der Waals surface area contributed by atoms with E-state index < -0.39 is 17.5 Å². The van der Waals surface area contributed by atoms with Crippen LogP contribution in [0.5, 0.6) is 0 Å². The maximum absolute atomic E-state index is 13.9. The van der Waals surface area contributed by atoms with Gasteiger partial charge in [-0.2, -0.15) is 5.10 Å². The number of carbonyl (C=O) groups excluding carboxylic acids is 1. The van der Waals surface area contributed by atoms with E-state index in [0.717, 1.165) is 0 Å². The lowest BCUT2D eigenvalue weighted by atomic mass is 10.1. The van der Waals surface area contributed by atoms with Gasteiger partial charge in [-0.25, -0.2) is 23.3 Å². The van der Waals surface area contributed by atoms with Crippen molar-refractivity contribution < 1.29 is 13.6 Å². The molecule has 1 N–H and O–H groups in total. The van der Waals surface area contributed by atoms with Crippen LogP contribution >= 0.6 is 11.3 Å². The first-order valence-electron chi connectivity index (χ1n) is 8.02. The van der Waals surface area contributed by atoms with Crippen molar-refractivity contribution in [1.29, 1.82) is 0 Å². The summed E-state index contributed by atoms with van der Waals surface area (Å²) in [7, 11) is 0. The lowest BCUT2D eigenvalue weighted by Gasteiger charge is -2.03. The van der Waals surface area contributed by atoms with E-state index in [0.29, 0.717) is 26.9 Å². The van der Waals surface area contributed by atoms with Gasteiger partial charge < -0.3 is 0 Å². The Morgan fingerprint density at radius 1 is 1.26 bits per heavy atom. The fraction of sp³-hybridized carbons (Fsp3) is 0.111. The van der Waals surface area contributed by atoms with Gasteiger partial charge in [-0.1, -0.05) is 6.07 Å². The molecule has 4 aromatic rings. The highest BCUT2D eigenvalue weighted by atomic mass is 32.1. The molecular formula is C18H13F2N5OS. The number of aromatic nitrogens is 4. The predicted octanol–water partition coefficient (Wildman–Crippen LogP) is 3.62. The fourth-order valence-corrected chi connectivity index (χ4v) is 3.63. The van der Waals surface area contributed by atoms with Crippen LogP contribution in [0.15, 0.2) is 42.9 Å². The maximum Gasteiger partial charge on any atom is 0.262 e. The van der Waals surface area contributed by atoms with E-state index >= 15 is 0 Å². The number of aryl methyl sites for hydroxylation is 1. The van der Waals surface area contributed by atoms with Crippen molar-refractivity contribution in [2.24, 2.45) is 0 Å². The highest BCUT2D eigenvalue weighted by Crippen LogP contribution is 2.27. The lowest BCUT2D eigenvalue weighted by Crippen LogP contribution is -2.11. The number of carbonyl (C=O) groups is 1. The van der Waals surface area contributed by atoms with Crippen molar-refractivity contribution in [2.75, 3.05) is 5.32 Å². The molecule has 6 nitrogen and oxygen atoms in total. The van der Waals surface area contributed by atoms with Crippen LogP contribution in [0.1, 0.15) is 26.5 Å². The lowest BCUT2D eigenvalue weighted by molar-refractivity contribution is 0.102. The Morgan fingerprint density at radius 2 is 2.04 bits per heavy atom. The average Bonchev–Trinajstić information content (AvgIpc) is 3.22. The molecule has 0 radical (unpaired) electrons. The first-order valence-corrected chi connectivity index (χ1v) is 8.83. The van der Waals surface area contributed by atoms with Gasteiger partial charge in [0.2, 0.25) is 0 Å². The summed E-state index contributed by atoms with van der Waals surface area (Å²) in [6.07, 6.45) is 4.75. The minimum absolute atomic E-state index is 0.0195. The second kappa shape index (κ2) is 6.84. The smallest absolute Gasteiger partial charge is 0.262 e. The van der Waals surface area contributed by atoms with Crippen LogP contribution in [0.3, 0.4) is 0 Å². The molecule has 9 heteroatoms. The van der Waals surface area contributed by atoms with E-state index in [2.05, 4.69) is 20.4 Å². The first kappa shape index (κ1) is 17.2. The number of fused-ring (bicyclic) bond motifs is 1. The van der Waals surface area contributed by atoms with Crippen molar-refractivity contribution in [1.82, 2.24) is 19.6 Å². The Kier molecular flexibility index (Phi) is 4.36. The van der Waals surface area contributed by atoms with E-state index in [1.54, 1.807) is 25.4 Å². The molecule has 136 valence electrons.